The van der Waals surface area contributed by atoms with Crippen LogP contribution in [-0.4, -0.2) is 50.5 Å². The molecule has 26 heavy (non-hydrogen) atoms. The van der Waals surface area contributed by atoms with E-state index in [0.29, 0.717) is 19.8 Å². The maximum atomic E-state index is 11.0. The Balaban J connectivity index is 1.64. The second-order valence-corrected chi connectivity index (χ2v) is 6.68. The molecule has 1 aliphatic rings. The maximum absolute atomic E-state index is 11.0. The topological polar surface area (TPSA) is 51.2 Å². The van der Waals surface area contributed by atoms with Crippen LogP contribution in [0.5, 0.6) is 11.5 Å². The highest BCUT2D eigenvalue weighted by molar-refractivity contribution is 5.43. The van der Waals surface area contributed by atoms with Gasteiger partial charge in [0.1, 0.15) is 12.2 Å². The minimum absolute atomic E-state index is 0.489. The van der Waals surface area contributed by atoms with E-state index in [-0.39, 0.29) is 0 Å². The van der Waals surface area contributed by atoms with Crippen LogP contribution in [0.1, 0.15) is 17.5 Å². The molecular weight excluding hydrogens is 330 g/mol. The van der Waals surface area contributed by atoms with Crippen molar-refractivity contribution in [3.63, 3.8) is 0 Å². The van der Waals surface area contributed by atoms with Crippen LogP contribution >= 0.6 is 0 Å². The van der Waals surface area contributed by atoms with Gasteiger partial charge in [0.15, 0.2) is 11.5 Å². The van der Waals surface area contributed by atoms with Gasteiger partial charge in [-0.05, 0) is 29.7 Å². The summed E-state index contributed by atoms with van der Waals surface area (Å²) in [5.41, 5.74) is 1.36. The summed E-state index contributed by atoms with van der Waals surface area (Å²) < 4.78 is 16.1. The van der Waals surface area contributed by atoms with Gasteiger partial charge in [0.05, 0.1) is 13.7 Å². The summed E-state index contributed by atoms with van der Waals surface area (Å²) in [4.78, 5) is 2.27. The standard InChI is InChI=1S/C21H27NO4/c1-24-12-13-26-19-9-8-17(14-20(19)25-2)15-22-11-10-21(23,16-22)18-6-4-3-5-7-18/h3-9,14,23H,10-13,15-16H2,1-2H3. The lowest BCUT2D eigenvalue weighted by Gasteiger charge is -2.24. The number of nitrogens with zero attached hydrogens (tertiary/aromatic N) is 1. The molecule has 0 amide bonds. The predicted molar refractivity (Wildman–Crippen MR) is 101 cm³/mol. The fourth-order valence-electron chi connectivity index (χ4n) is 3.41. The second-order valence-electron chi connectivity index (χ2n) is 6.68. The third-order valence-electron chi connectivity index (χ3n) is 4.82. The van der Waals surface area contributed by atoms with Crippen LogP contribution in [0, 0.1) is 0 Å². The SMILES string of the molecule is COCCOc1ccc(CN2CCC(O)(c3ccccc3)C2)cc1OC. The summed E-state index contributed by atoms with van der Waals surface area (Å²) in [6.07, 6.45) is 0.742. The quantitative estimate of drug-likeness (QED) is 0.736. The van der Waals surface area contributed by atoms with Crippen LogP contribution in [0.25, 0.3) is 0 Å². The number of likely N-dealkylation sites (tertiary alicyclic amines) is 1. The van der Waals surface area contributed by atoms with Gasteiger partial charge in [-0.15, -0.1) is 0 Å². The average Bonchev–Trinajstić information content (AvgIpc) is 3.05. The van der Waals surface area contributed by atoms with E-state index in [1.807, 2.05) is 48.5 Å². The summed E-state index contributed by atoms with van der Waals surface area (Å²) in [6, 6.07) is 15.9. The molecule has 1 aliphatic heterocycles. The lowest BCUT2D eigenvalue weighted by atomic mass is 9.93. The molecule has 1 N–H and O–H groups in total. The van der Waals surface area contributed by atoms with Crippen molar-refractivity contribution in [2.75, 3.05) is 40.5 Å². The first-order chi connectivity index (χ1) is 12.6. The lowest BCUT2D eigenvalue weighted by Crippen LogP contribution is -2.30. The fourth-order valence-corrected chi connectivity index (χ4v) is 3.41. The van der Waals surface area contributed by atoms with Crippen LogP contribution in [0.15, 0.2) is 48.5 Å². The van der Waals surface area contributed by atoms with Crippen LogP contribution in [0.2, 0.25) is 0 Å². The van der Waals surface area contributed by atoms with Crippen LogP contribution in [0.4, 0.5) is 0 Å². The molecule has 1 atom stereocenters. The van der Waals surface area contributed by atoms with E-state index in [1.165, 1.54) is 0 Å². The van der Waals surface area contributed by atoms with Gasteiger partial charge in [-0.2, -0.15) is 0 Å². The Morgan fingerprint density at radius 2 is 1.85 bits per heavy atom. The largest absolute Gasteiger partial charge is 0.493 e. The zero-order valence-corrected chi connectivity index (χ0v) is 15.5. The molecule has 2 aromatic carbocycles. The first kappa shape index (κ1) is 18.7. The van der Waals surface area contributed by atoms with Gasteiger partial charge in [-0.25, -0.2) is 0 Å². The highest BCUT2D eigenvalue weighted by atomic mass is 16.5. The van der Waals surface area contributed by atoms with E-state index in [4.69, 9.17) is 14.2 Å². The second kappa shape index (κ2) is 8.54. The van der Waals surface area contributed by atoms with Crippen molar-refractivity contribution in [1.29, 1.82) is 0 Å². The molecule has 2 aromatic rings. The summed E-state index contributed by atoms with van der Waals surface area (Å²) in [5.74, 6) is 1.44. The summed E-state index contributed by atoms with van der Waals surface area (Å²) in [6.45, 7) is 3.29. The van der Waals surface area contributed by atoms with Gasteiger partial charge in [0, 0.05) is 26.7 Å². The third kappa shape index (κ3) is 4.36. The van der Waals surface area contributed by atoms with Gasteiger partial charge in [-0.1, -0.05) is 36.4 Å². The van der Waals surface area contributed by atoms with Crippen molar-refractivity contribution in [3.05, 3.63) is 59.7 Å². The van der Waals surface area contributed by atoms with Crippen molar-refractivity contribution in [2.45, 2.75) is 18.6 Å². The molecule has 140 valence electrons. The lowest BCUT2D eigenvalue weighted by molar-refractivity contribution is 0.0453. The Hall–Kier alpha value is -2.08. The zero-order valence-electron chi connectivity index (χ0n) is 15.5. The molecule has 5 nitrogen and oxygen atoms in total. The number of hydrogen-bond donors (Lipinski definition) is 1. The molecule has 0 saturated carbocycles. The van der Waals surface area contributed by atoms with Gasteiger partial charge >= 0.3 is 0 Å². The number of benzene rings is 2. The highest BCUT2D eigenvalue weighted by Gasteiger charge is 2.37. The Morgan fingerprint density at radius 3 is 2.58 bits per heavy atom. The molecule has 3 rings (SSSR count). The zero-order chi connectivity index (χ0) is 18.4. The number of methoxy groups -OCH3 is 2. The highest BCUT2D eigenvalue weighted by Crippen LogP contribution is 2.34. The molecule has 1 fully saturated rings. The van der Waals surface area contributed by atoms with E-state index in [1.54, 1.807) is 14.2 Å². The van der Waals surface area contributed by atoms with E-state index < -0.39 is 5.60 Å². The van der Waals surface area contributed by atoms with Crippen LogP contribution in [0.3, 0.4) is 0 Å². The Kier molecular flexibility index (Phi) is 6.14. The monoisotopic (exact) mass is 357 g/mol. The van der Waals surface area contributed by atoms with Gasteiger partial charge < -0.3 is 19.3 Å². The van der Waals surface area contributed by atoms with Crippen molar-refractivity contribution in [1.82, 2.24) is 4.90 Å². The summed E-state index contributed by atoms with van der Waals surface area (Å²) >= 11 is 0. The molecule has 5 heteroatoms. The van der Waals surface area contributed by atoms with E-state index in [0.717, 1.165) is 42.1 Å². The Bertz CT molecular complexity index is 706. The Labute approximate surface area is 155 Å². The number of β-amino-alcohol motifs (C(OH)–C–C–N with tert-alkyl or cyclic N) is 1. The normalized spacial score (nSPS) is 20.3. The van der Waals surface area contributed by atoms with Crippen LogP contribution < -0.4 is 9.47 Å². The van der Waals surface area contributed by atoms with Gasteiger partial charge in [0.2, 0.25) is 0 Å². The first-order valence-corrected chi connectivity index (χ1v) is 8.93. The molecule has 1 unspecified atom stereocenters. The number of rotatable bonds is 8. The molecule has 1 heterocycles. The van der Waals surface area contributed by atoms with E-state index in [2.05, 4.69) is 4.90 Å². The van der Waals surface area contributed by atoms with Crippen LogP contribution in [-0.2, 0) is 16.9 Å². The van der Waals surface area contributed by atoms with Gasteiger partial charge in [-0.3, -0.25) is 4.90 Å². The number of ether oxygens (including phenoxy) is 3. The Morgan fingerprint density at radius 1 is 1.04 bits per heavy atom. The molecule has 0 aromatic heterocycles. The van der Waals surface area contributed by atoms with Crippen molar-refractivity contribution in [2.24, 2.45) is 0 Å². The van der Waals surface area contributed by atoms with Crippen molar-refractivity contribution < 1.29 is 19.3 Å². The van der Waals surface area contributed by atoms with E-state index >= 15 is 0 Å². The summed E-state index contributed by atoms with van der Waals surface area (Å²) in [7, 11) is 3.29. The number of hydrogen-bond acceptors (Lipinski definition) is 5. The first-order valence-electron chi connectivity index (χ1n) is 8.93. The molecule has 0 spiro atoms. The molecule has 0 aliphatic carbocycles. The van der Waals surface area contributed by atoms with E-state index in [9.17, 15) is 5.11 Å². The van der Waals surface area contributed by atoms with Gasteiger partial charge in [0.25, 0.3) is 0 Å². The molecule has 0 bridgehead atoms. The summed E-state index contributed by atoms with van der Waals surface area (Å²) in [5, 5.41) is 11.0. The fraction of sp³-hybridized carbons (Fsp3) is 0.429. The maximum Gasteiger partial charge on any atom is 0.161 e. The third-order valence-corrected chi connectivity index (χ3v) is 4.82. The minimum Gasteiger partial charge on any atom is -0.493 e. The number of aliphatic hydroxyl groups is 1. The van der Waals surface area contributed by atoms with Crippen molar-refractivity contribution in [3.8, 4) is 11.5 Å². The molecular formula is C21H27NO4. The molecule has 0 radical (unpaired) electrons. The predicted octanol–water partition coefficient (Wildman–Crippen LogP) is 2.81. The minimum atomic E-state index is -0.769. The van der Waals surface area contributed by atoms with Crippen molar-refractivity contribution >= 4 is 0 Å². The molecule has 1 saturated heterocycles. The smallest absolute Gasteiger partial charge is 0.161 e. The average molecular weight is 357 g/mol.